The Bertz CT molecular complexity index is 963. The first-order chi connectivity index (χ1) is 13.8. The van der Waals surface area contributed by atoms with Crippen LogP contribution in [0.4, 0.5) is 17.5 Å². The van der Waals surface area contributed by atoms with Crippen molar-refractivity contribution in [1.29, 1.82) is 0 Å². The lowest BCUT2D eigenvalue weighted by atomic mass is 9.94. The third-order valence-electron chi connectivity index (χ3n) is 5.68. The van der Waals surface area contributed by atoms with Crippen molar-refractivity contribution in [2.75, 3.05) is 54.8 Å². The number of nitrogens with one attached hydrogen (secondary N) is 2. The summed E-state index contributed by atoms with van der Waals surface area (Å²) in [5.74, 6) is 2.88. The predicted molar refractivity (Wildman–Crippen MR) is 110 cm³/mol. The summed E-state index contributed by atoms with van der Waals surface area (Å²) in [6.07, 6.45) is 3.83. The monoisotopic (exact) mass is 379 g/mol. The van der Waals surface area contributed by atoms with Gasteiger partial charge >= 0.3 is 0 Å². The number of nitrogens with two attached hydrogens (primary N) is 1. The molecule has 1 unspecified atom stereocenters. The van der Waals surface area contributed by atoms with E-state index in [1.165, 1.54) is 5.69 Å². The Labute approximate surface area is 163 Å². The molecule has 28 heavy (non-hydrogen) atoms. The molecule has 4 N–H and O–H groups in total. The van der Waals surface area contributed by atoms with E-state index in [1.54, 1.807) is 6.33 Å². The fourth-order valence-corrected chi connectivity index (χ4v) is 4.21. The number of hydrogen-bond acceptors (Lipinski definition) is 8. The van der Waals surface area contributed by atoms with Crippen molar-refractivity contribution in [3.8, 4) is 0 Å². The molecule has 9 heteroatoms. The minimum Gasteiger partial charge on any atom is -0.384 e. The van der Waals surface area contributed by atoms with Gasteiger partial charge in [0.05, 0.1) is 5.39 Å². The standard InChI is InChI=1S/C19H25N9/c20-16-4-3-14-18(24-16)22-12-23-19(14)28-7-1-2-13(11-28)15-10-17(26-25-15)27-8-5-21-6-9-27/h3-4,10,12-13,21H,1-2,5-9,11H2,(H,25,26)(H2,20,22,23,24). The summed E-state index contributed by atoms with van der Waals surface area (Å²) < 4.78 is 0. The van der Waals surface area contributed by atoms with Crippen LogP contribution in [0.1, 0.15) is 24.5 Å². The van der Waals surface area contributed by atoms with E-state index in [2.05, 4.69) is 46.3 Å². The van der Waals surface area contributed by atoms with Crippen molar-refractivity contribution >= 4 is 28.5 Å². The molecule has 0 radical (unpaired) electrons. The van der Waals surface area contributed by atoms with Crippen LogP contribution in [0.3, 0.4) is 0 Å². The minimum atomic E-state index is 0.407. The largest absolute Gasteiger partial charge is 0.384 e. The van der Waals surface area contributed by atoms with Crippen LogP contribution in [0.5, 0.6) is 0 Å². The average Bonchev–Trinajstić information content (AvgIpc) is 3.24. The molecule has 0 amide bonds. The number of rotatable bonds is 3. The first-order valence-electron chi connectivity index (χ1n) is 9.91. The summed E-state index contributed by atoms with van der Waals surface area (Å²) in [6, 6.07) is 6.00. The number of pyridine rings is 1. The number of hydrogen-bond donors (Lipinski definition) is 3. The number of aromatic nitrogens is 5. The second-order valence-corrected chi connectivity index (χ2v) is 7.51. The molecule has 1 atom stereocenters. The summed E-state index contributed by atoms with van der Waals surface area (Å²) in [5, 5.41) is 12.2. The third-order valence-corrected chi connectivity index (χ3v) is 5.68. The second-order valence-electron chi connectivity index (χ2n) is 7.51. The van der Waals surface area contributed by atoms with E-state index in [0.29, 0.717) is 17.4 Å². The normalized spacial score (nSPS) is 20.6. The molecule has 0 spiro atoms. The molecule has 0 aliphatic carbocycles. The quantitative estimate of drug-likeness (QED) is 0.621. The smallest absolute Gasteiger partial charge is 0.166 e. The van der Waals surface area contributed by atoms with Gasteiger partial charge in [0.1, 0.15) is 18.0 Å². The Morgan fingerprint density at radius 2 is 1.96 bits per heavy atom. The summed E-state index contributed by atoms with van der Waals surface area (Å²) in [4.78, 5) is 17.8. The molecular formula is C19H25N9. The van der Waals surface area contributed by atoms with Gasteiger partial charge in [-0.3, -0.25) is 5.10 Å². The molecule has 3 aromatic heterocycles. The number of nitrogen functional groups attached to an aromatic ring is 1. The van der Waals surface area contributed by atoms with Crippen LogP contribution >= 0.6 is 0 Å². The van der Waals surface area contributed by atoms with Crippen molar-refractivity contribution in [1.82, 2.24) is 30.5 Å². The maximum absolute atomic E-state index is 5.81. The summed E-state index contributed by atoms with van der Waals surface area (Å²) in [5.41, 5.74) is 7.67. The number of aromatic amines is 1. The molecule has 2 fully saturated rings. The zero-order chi connectivity index (χ0) is 18.9. The SMILES string of the molecule is Nc1ccc2c(N3CCCC(c4cc(N5CCNCC5)n[nH]4)C3)ncnc2n1. The van der Waals surface area contributed by atoms with E-state index < -0.39 is 0 Å². The van der Waals surface area contributed by atoms with Crippen molar-refractivity contribution in [3.63, 3.8) is 0 Å². The highest BCUT2D eigenvalue weighted by Crippen LogP contribution is 2.32. The van der Waals surface area contributed by atoms with Crippen molar-refractivity contribution < 1.29 is 0 Å². The van der Waals surface area contributed by atoms with E-state index >= 15 is 0 Å². The van der Waals surface area contributed by atoms with Gasteiger partial charge in [0.15, 0.2) is 11.5 Å². The fourth-order valence-electron chi connectivity index (χ4n) is 4.21. The van der Waals surface area contributed by atoms with E-state index in [1.807, 2.05) is 12.1 Å². The van der Waals surface area contributed by atoms with E-state index in [4.69, 9.17) is 5.73 Å². The Hall–Kier alpha value is -2.94. The van der Waals surface area contributed by atoms with E-state index in [-0.39, 0.29) is 0 Å². The number of piperidine rings is 1. The summed E-state index contributed by atoms with van der Waals surface area (Å²) in [6.45, 7) is 5.91. The Balaban J connectivity index is 1.38. The van der Waals surface area contributed by atoms with Crippen molar-refractivity contribution in [2.45, 2.75) is 18.8 Å². The van der Waals surface area contributed by atoms with Crippen LogP contribution in [-0.4, -0.2) is 64.4 Å². The van der Waals surface area contributed by atoms with Gasteiger partial charge in [0.25, 0.3) is 0 Å². The molecular weight excluding hydrogens is 354 g/mol. The van der Waals surface area contributed by atoms with Gasteiger partial charge in [-0.1, -0.05) is 0 Å². The molecule has 2 aliphatic rings. The number of anilines is 3. The maximum atomic E-state index is 5.81. The van der Waals surface area contributed by atoms with Crippen LogP contribution < -0.4 is 20.9 Å². The molecule has 5 heterocycles. The van der Waals surface area contributed by atoms with Crippen LogP contribution in [-0.2, 0) is 0 Å². The Morgan fingerprint density at radius 1 is 1.07 bits per heavy atom. The van der Waals surface area contributed by atoms with Crippen LogP contribution in [0.2, 0.25) is 0 Å². The van der Waals surface area contributed by atoms with Gasteiger partial charge in [0.2, 0.25) is 0 Å². The molecule has 5 rings (SSSR count). The van der Waals surface area contributed by atoms with Gasteiger partial charge in [-0.15, -0.1) is 0 Å². The molecule has 0 bridgehead atoms. The molecule has 0 aromatic carbocycles. The van der Waals surface area contributed by atoms with E-state index in [9.17, 15) is 0 Å². The second kappa shape index (κ2) is 7.23. The third kappa shape index (κ3) is 3.22. The fraction of sp³-hybridized carbons (Fsp3) is 0.474. The van der Waals surface area contributed by atoms with Gasteiger partial charge in [0, 0.05) is 56.9 Å². The molecule has 9 nitrogen and oxygen atoms in total. The van der Waals surface area contributed by atoms with Gasteiger partial charge in [-0.25, -0.2) is 15.0 Å². The Kier molecular flexibility index (Phi) is 4.44. The summed E-state index contributed by atoms with van der Waals surface area (Å²) >= 11 is 0. The molecule has 146 valence electrons. The topological polar surface area (TPSA) is 112 Å². The van der Waals surface area contributed by atoms with Crippen molar-refractivity contribution in [3.05, 3.63) is 30.2 Å². The number of nitrogens with zero attached hydrogens (tertiary/aromatic N) is 6. The first-order valence-corrected chi connectivity index (χ1v) is 9.91. The lowest BCUT2D eigenvalue weighted by Crippen LogP contribution is -2.43. The zero-order valence-corrected chi connectivity index (χ0v) is 15.8. The molecule has 0 saturated carbocycles. The van der Waals surface area contributed by atoms with Crippen LogP contribution in [0.15, 0.2) is 24.5 Å². The van der Waals surface area contributed by atoms with Crippen LogP contribution in [0.25, 0.3) is 11.0 Å². The predicted octanol–water partition coefficient (Wildman–Crippen LogP) is 1.12. The average molecular weight is 379 g/mol. The maximum Gasteiger partial charge on any atom is 0.166 e. The van der Waals surface area contributed by atoms with E-state index in [0.717, 1.165) is 69.1 Å². The zero-order valence-electron chi connectivity index (χ0n) is 15.8. The van der Waals surface area contributed by atoms with Gasteiger partial charge < -0.3 is 20.9 Å². The van der Waals surface area contributed by atoms with Crippen LogP contribution in [0, 0.1) is 0 Å². The summed E-state index contributed by atoms with van der Waals surface area (Å²) in [7, 11) is 0. The van der Waals surface area contributed by atoms with Gasteiger partial charge in [-0.05, 0) is 25.0 Å². The number of fused-ring (bicyclic) bond motifs is 1. The lowest BCUT2D eigenvalue weighted by Gasteiger charge is -2.33. The molecule has 2 aliphatic heterocycles. The van der Waals surface area contributed by atoms with Gasteiger partial charge in [-0.2, -0.15) is 5.10 Å². The Morgan fingerprint density at radius 3 is 2.86 bits per heavy atom. The highest BCUT2D eigenvalue weighted by molar-refractivity contribution is 5.87. The highest BCUT2D eigenvalue weighted by atomic mass is 15.3. The molecule has 2 saturated heterocycles. The molecule has 3 aromatic rings. The number of piperazine rings is 1. The van der Waals surface area contributed by atoms with Crippen molar-refractivity contribution in [2.24, 2.45) is 0 Å². The highest BCUT2D eigenvalue weighted by Gasteiger charge is 2.26. The lowest BCUT2D eigenvalue weighted by molar-refractivity contribution is 0.499. The minimum absolute atomic E-state index is 0.407. The first kappa shape index (κ1) is 17.2. The number of H-pyrrole nitrogens is 1.